The molecule has 1 aromatic rings. The number of nitrogens with one attached hydrogen (secondary N) is 1. The number of rotatable bonds is 5. The summed E-state index contributed by atoms with van der Waals surface area (Å²) in [6.45, 7) is 1.89. The highest BCUT2D eigenvalue weighted by atomic mass is 32.1. The van der Waals surface area contributed by atoms with Gasteiger partial charge < -0.3 is 10.2 Å². The molecule has 1 aromatic carbocycles. The third-order valence-corrected chi connectivity index (χ3v) is 3.64. The van der Waals surface area contributed by atoms with Gasteiger partial charge in [-0.1, -0.05) is 12.1 Å². The van der Waals surface area contributed by atoms with Gasteiger partial charge in [0.1, 0.15) is 0 Å². The van der Waals surface area contributed by atoms with E-state index in [1.165, 1.54) is 11.1 Å². The van der Waals surface area contributed by atoms with Gasteiger partial charge in [0.15, 0.2) is 0 Å². The smallest absolute Gasteiger partial charge is 0.227 e. The average Bonchev–Trinajstić information content (AvgIpc) is 2.39. The monoisotopic (exact) mass is 264 g/mol. The van der Waals surface area contributed by atoms with Crippen LogP contribution in [0.2, 0.25) is 0 Å². The molecule has 1 aliphatic heterocycles. The molecule has 0 unspecified atom stereocenters. The lowest BCUT2D eigenvalue weighted by Gasteiger charge is -2.26. The predicted molar refractivity (Wildman–Crippen MR) is 78.3 cm³/mol. The quantitative estimate of drug-likeness (QED) is 0.630. The minimum Gasteiger partial charge on any atom is -0.315 e. The summed E-state index contributed by atoms with van der Waals surface area (Å²) in [5.41, 5.74) is 3.63. The van der Waals surface area contributed by atoms with Crippen LogP contribution in [0, 0.1) is 0 Å². The molecule has 0 saturated heterocycles. The van der Waals surface area contributed by atoms with Gasteiger partial charge in [0, 0.05) is 25.7 Å². The molecule has 1 heterocycles. The number of hydrogen-bond acceptors (Lipinski definition) is 3. The van der Waals surface area contributed by atoms with E-state index in [-0.39, 0.29) is 5.91 Å². The molecule has 1 N–H and O–H groups in total. The highest BCUT2D eigenvalue weighted by Crippen LogP contribution is 2.27. The summed E-state index contributed by atoms with van der Waals surface area (Å²) in [6, 6.07) is 6.37. The topological polar surface area (TPSA) is 32.3 Å². The third kappa shape index (κ3) is 3.06. The summed E-state index contributed by atoms with van der Waals surface area (Å²) < 4.78 is 0. The second-order valence-corrected chi connectivity index (χ2v) is 5.12. The predicted octanol–water partition coefficient (Wildman–Crippen LogP) is 2.01. The standard InChI is InChI=1S/C14H20N2OS/c1-16-13-5-3-11(10-15-7-2-8-18)9-12(13)4-6-14(16)17/h3,5,9,15,18H,2,4,6-8,10H2,1H3. The first kappa shape index (κ1) is 13.4. The number of carbonyl (C=O) groups is 1. The number of amides is 1. The number of thiol groups is 1. The molecule has 4 heteroatoms. The number of fused-ring (bicyclic) bond motifs is 1. The Balaban J connectivity index is 2.01. The van der Waals surface area contributed by atoms with Crippen LogP contribution >= 0.6 is 12.6 Å². The minimum absolute atomic E-state index is 0.210. The first-order chi connectivity index (χ1) is 8.72. The molecule has 1 amide bonds. The van der Waals surface area contributed by atoms with Crippen LogP contribution < -0.4 is 10.2 Å². The largest absolute Gasteiger partial charge is 0.315 e. The Kier molecular flexibility index (Phi) is 4.66. The Bertz CT molecular complexity index is 434. The van der Waals surface area contributed by atoms with Crippen molar-refractivity contribution in [1.29, 1.82) is 0 Å². The fourth-order valence-electron chi connectivity index (χ4n) is 2.26. The number of benzene rings is 1. The first-order valence-electron chi connectivity index (χ1n) is 6.42. The highest BCUT2D eigenvalue weighted by Gasteiger charge is 2.20. The zero-order chi connectivity index (χ0) is 13.0. The Morgan fingerprint density at radius 1 is 1.39 bits per heavy atom. The van der Waals surface area contributed by atoms with E-state index in [1.807, 2.05) is 7.05 Å². The molecular formula is C14H20N2OS. The Hall–Kier alpha value is -1.00. The van der Waals surface area contributed by atoms with Crippen molar-refractivity contribution >= 4 is 24.2 Å². The molecule has 1 aliphatic rings. The Morgan fingerprint density at radius 3 is 3.00 bits per heavy atom. The number of aryl methyl sites for hydroxylation is 1. The maximum absolute atomic E-state index is 11.6. The molecule has 0 aliphatic carbocycles. The molecule has 0 radical (unpaired) electrons. The summed E-state index contributed by atoms with van der Waals surface area (Å²) in [5.74, 6) is 1.13. The van der Waals surface area contributed by atoms with Crippen LogP contribution in [-0.4, -0.2) is 25.3 Å². The highest BCUT2D eigenvalue weighted by molar-refractivity contribution is 7.80. The summed E-state index contributed by atoms with van der Waals surface area (Å²) in [6.07, 6.45) is 2.58. The molecule has 2 rings (SSSR count). The Labute approximate surface area is 114 Å². The molecule has 3 nitrogen and oxygen atoms in total. The van der Waals surface area contributed by atoms with Crippen molar-refractivity contribution in [2.45, 2.75) is 25.8 Å². The SMILES string of the molecule is CN1C(=O)CCc2cc(CNCCCS)ccc21. The normalized spacial score (nSPS) is 14.8. The summed E-state index contributed by atoms with van der Waals surface area (Å²) in [5, 5.41) is 3.40. The van der Waals surface area contributed by atoms with Crippen molar-refractivity contribution in [1.82, 2.24) is 5.32 Å². The maximum Gasteiger partial charge on any atom is 0.227 e. The number of hydrogen-bond donors (Lipinski definition) is 2. The van der Waals surface area contributed by atoms with E-state index in [2.05, 4.69) is 36.1 Å². The van der Waals surface area contributed by atoms with Crippen molar-refractivity contribution in [2.75, 3.05) is 24.2 Å². The second-order valence-electron chi connectivity index (χ2n) is 4.67. The van der Waals surface area contributed by atoms with Crippen molar-refractivity contribution in [3.05, 3.63) is 29.3 Å². The van der Waals surface area contributed by atoms with E-state index < -0.39 is 0 Å². The lowest BCUT2D eigenvalue weighted by molar-refractivity contribution is -0.118. The zero-order valence-electron chi connectivity index (χ0n) is 10.8. The van der Waals surface area contributed by atoms with Gasteiger partial charge in [0.2, 0.25) is 5.91 Å². The molecule has 98 valence electrons. The first-order valence-corrected chi connectivity index (χ1v) is 7.05. The number of nitrogens with zero attached hydrogens (tertiary/aromatic N) is 1. The van der Waals surface area contributed by atoms with E-state index in [1.54, 1.807) is 4.90 Å². The van der Waals surface area contributed by atoms with Gasteiger partial charge in [-0.25, -0.2) is 0 Å². The van der Waals surface area contributed by atoms with Crippen molar-refractivity contribution in [3.63, 3.8) is 0 Å². The fourth-order valence-corrected chi connectivity index (χ4v) is 2.41. The summed E-state index contributed by atoms with van der Waals surface area (Å²) in [7, 11) is 1.85. The molecule has 0 aromatic heterocycles. The van der Waals surface area contributed by atoms with Crippen molar-refractivity contribution in [3.8, 4) is 0 Å². The number of anilines is 1. The van der Waals surface area contributed by atoms with Crippen LogP contribution in [0.5, 0.6) is 0 Å². The molecular weight excluding hydrogens is 244 g/mol. The van der Waals surface area contributed by atoms with E-state index in [0.717, 1.165) is 37.4 Å². The van der Waals surface area contributed by atoms with Crippen LogP contribution in [0.1, 0.15) is 24.0 Å². The molecule has 0 atom stereocenters. The molecule has 0 fully saturated rings. The van der Waals surface area contributed by atoms with Gasteiger partial charge in [0.25, 0.3) is 0 Å². The van der Waals surface area contributed by atoms with Gasteiger partial charge in [-0.3, -0.25) is 4.79 Å². The van der Waals surface area contributed by atoms with Gasteiger partial charge >= 0.3 is 0 Å². The maximum atomic E-state index is 11.6. The van der Waals surface area contributed by atoms with Crippen LogP contribution in [0.3, 0.4) is 0 Å². The van der Waals surface area contributed by atoms with Crippen LogP contribution in [0.4, 0.5) is 5.69 Å². The molecule has 0 bridgehead atoms. The molecule has 0 spiro atoms. The van der Waals surface area contributed by atoms with E-state index >= 15 is 0 Å². The lowest BCUT2D eigenvalue weighted by atomic mass is 9.99. The minimum atomic E-state index is 0.210. The third-order valence-electron chi connectivity index (χ3n) is 3.33. The van der Waals surface area contributed by atoms with Crippen LogP contribution in [0.15, 0.2) is 18.2 Å². The number of carbonyl (C=O) groups excluding carboxylic acids is 1. The molecule has 0 saturated carbocycles. The summed E-state index contributed by atoms with van der Waals surface area (Å²) in [4.78, 5) is 13.4. The van der Waals surface area contributed by atoms with Crippen molar-refractivity contribution < 1.29 is 4.79 Å². The van der Waals surface area contributed by atoms with E-state index in [0.29, 0.717) is 6.42 Å². The van der Waals surface area contributed by atoms with Gasteiger partial charge in [-0.2, -0.15) is 12.6 Å². The second kappa shape index (κ2) is 6.25. The van der Waals surface area contributed by atoms with Gasteiger partial charge in [0.05, 0.1) is 0 Å². The van der Waals surface area contributed by atoms with E-state index in [9.17, 15) is 4.79 Å². The van der Waals surface area contributed by atoms with Crippen molar-refractivity contribution in [2.24, 2.45) is 0 Å². The lowest BCUT2D eigenvalue weighted by Crippen LogP contribution is -2.31. The van der Waals surface area contributed by atoms with Crippen LogP contribution in [-0.2, 0) is 17.8 Å². The summed E-state index contributed by atoms with van der Waals surface area (Å²) >= 11 is 4.19. The molecule has 18 heavy (non-hydrogen) atoms. The fraction of sp³-hybridized carbons (Fsp3) is 0.500. The van der Waals surface area contributed by atoms with Crippen LogP contribution in [0.25, 0.3) is 0 Å². The van der Waals surface area contributed by atoms with Gasteiger partial charge in [-0.15, -0.1) is 0 Å². The zero-order valence-corrected chi connectivity index (χ0v) is 11.7. The van der Waals surface area contributed by atoms with Gasteiger partial charge in [-0.05, 0) is 42.3 Å². The van der Waals surface area contributed by atoms with E-state index in [4.69, 9.17) is 0 Å². The average molecular weight is 264 g/mol. The Morgan fingerprint density at radius 2 is 2.22 bits per heavy atom.